The van der Waals surface area contributed by atoms with E-state index < -0.39 is 0 Å². The van der Waals surface area contributed by atoms with Crippen molar-refractivity contribution < 1.29 is 0 Å². The Morgan fingerprint density at radius 2 is 0.731 bits per heavy atom. The van der Waals surface area contributed by atoms with Crippen LogP contribution in [-0.4, -0.2) is 0 Å². The summed E-state index contributed by atoms with van der Waals surface area (Å²) in [5, 5.41) is 7.62. The molecule has 256 valence electrons. The van der Waals surface area contributed by atoms with Crippen molar-refractivity contribution in [2.75, 3.05) is 4.90 Å². The number of hydrogen-bond donors (Lipinski definition) is 0. The first-order valence-electron chi connectivity index (χ1n) is 18.5. The first kappa shape index (κ1) is 33.5. The number of benzene rings is 8. The Morgan fingerprint density at radius 3 is 1.21 bits per heavy atom. The van der Waals surface area contributed by atoms with Crippen LogP contribution in [0.25, 0.3) is 32.3 Å². The SMILES string of the molecule is Cc1ccc(C(c2ccc(C)c(C)c2)c2cc3c4ccccc4c(N(c4ccc(C)c(C)c4)c4ccc(C)c(C)c4)cc3c3ccccc23)cc1C. The van der Waals surface area contributed by atoms with Crippen molar-refractivity contribution in [2.45, 2.75) is 61.3 Å². The minimum absolute atomic E-state index is 0.0777. The third-order valence-electron chi connectivity index (χ3n) is 11.7. The van der Waals surface area contributed by atoms with Crippen molar-refractivity contribution in [2.24, 2.45) is 0 Å². The van der Waals surface area contributed by atoms with Crippen LogP contribution in [0.15, 0.2) is 133 Å². The lowest BCUT2D eigenvalue weighted by molar-refractivity contribution is 0.980. The molecule has 0 saturated heterocycles. The summed E-state index contributed by atoms with van der Waals surface area (Å²) in [7, 11) is 0. The number of hydrogen-bond acceptors (Lipinski definition) is 1. The fourth-order valence-electron chi connectivity index (χ4n) is 7.98. The van der Waals surface area contributed by atoms with E-state index in [0.717, 1.165) is 0 Å². The van der Waals surface area contributed by atoms with Crippen LogP contribution >= 0.6 is 0 Å². The lowest BCUT2D eigenvalue weighted by Crippen LogP contribution is -2.12. The number of anilines is 3. The lowest BCUT2D eigenvalue weighted by Gasteiger charge is -2.29. The molecular formula is C51H47N. The molecule has 0 atom stereocenters. The Balaban J connectivity index is 1.47. The molecule has 0 N–H and O–H groups in total. The van der Waals surface area contributed by atoms with E-state index in [1.165, 1.54) is 111 Å². The Bertz CT molecular complexity index is 2390. The average molecular weight is 674 g/mol. The van der Waals surface area contributed by atoms with Gasteiger partial charge in [0.2, 0.25) is 0 Å². The van der Waals surface area contributed by atoms with Crippen molar-refractivity contribution in [3.05, 3.63) is 195 Å². The highest BCUT2D eigenvalue weighted by Gasteiger charge is 2.24. The Kier molecular flexibility index (Phi) is 8.47. The Morgan fingerprint density at radius 1 is 0.327 bits per heavy atom. The van der Waals surface area contributed by atoms with Crippen molar-refractivity contribution in [1.82, 2.24) is 0 Å². The van der Waals surface area contributed by atoms with Gasteiger partial charge in [-0.15, -0.1) is 0 Å². The molecular weight excluding hydrogens is 627 g/mol. The highest BCUT2D eigenvalue weighted by Crippen LogP contribution is 2.47. The van der Waals surface area contributed by atoms with Crippen molar-refractivity contribution >= 4 is 49.4 Å². The van der Waals surface area contributed by atoms with Crippen LogP contribution in [0, 0.1) is 55.4 Å². The summed E-state index contributed by atoms with van der Waals surface area (Å²) in [6, 6.07) is 50.8. The normalized spacial score (nSPS) is 11.6. The van der Waals surface area contributed by atoms with E-state index in [-0.39, 0.29) is 5.92 Å². The van der Waals surface area contributed by atoms with Crippen LogP contribution in [0.5, 0.6) is 0 Å². The van der Waals surface area contributed by atoms with Crippen LogP contribution in [0.3, 0.4) is 0 Å². The highest BCUT2D eigenvalue weighted by molar-refractivity contribution is 6.22. The van der Waals surface area contributed by atoms with Gasteiger partial charge in [-0.3, -0.25) is 0 Å². The van der Waals surface area contributed by atoms with Crippen LogP contribution in [0.1, 0.15) is 67.1 Å². The molecule has 1 nitrogen and oxygen atoms in total. The molecule has 8 rings (SSSR count). The second-order valence-corrected chi connectivity index (χ2v) is 15.0. The zero-order valence-electron chi connectivity index (χ0n) is 31.7. The van der Waals surface area contributed by atoms with E-state index in [4.69, 9.17) is 0 Å². The molecule has 0 bridgehead atoms. The van der Waals surface area contributed by atoms with Crippen LogP contribution in [-0.2, 0) is 0 Å². The third-order valence-corrected chi connectivity index (χ3v) is 11.7. The fraction of sp³-hybridized carbons (Fsp3) is 0.176. The van der Waals surface area contributed by atoms with Crippen molar-refractivity contribution in [1.29, 1.82) is 0 Å². The third kappa shape index (κ3) is 5.75. The summed E-state index contributed by atoms with van der Waals surface area (Å²) < 4.78 is 0. The summed E-state index contributed by atoms with van der Waals surface area (Å²) in [6.45, 7) is 17.7. The Labute approximate surface area is 309 Å². The van der Waals surface area contributed by atoms with Gasteiger partial charge in [-0.25, -0.2) is 0 Å². The summed E-state index contributed by atoms with van der Waals surface area (Å²) >= 11 is 0. The second kappa shape index (κ2) is 13.1. The van der Waals surface area contributed by atoms with E-state index in [0.29, 0.717) is 0 Å². The molecule has 0 aromatic heterocycles. The standard InChI is InChI=1S/C51H47N/c1-31-17-21-39(25-35(31)5)51(40-22-18-32(2)36(6)26-40)49-29-47-45-15-11-12-16-46(45)50(30-48(47)43-13-9-10-14-44(43)49)52(41-23-19-33(3)37(7)27-41)42-24-20-34(4)38(8)28-42/h9-30,51H,1-8H3. The van der Waals surface area contributed by atoms with Crippen molar-refractivity contribution in [3.63, 3.8) is 0 Å². The van der Waals surface area contributed by atoms with Gasteiger partial charge in [0.15, 0.2) is 0 Å². The smallest absolute Gasteiger partial charge is 0.0546 e. The van der Waals surface area contributed by atoms with E-state index in [2.05, 4.69) is 194 Å². The van der Waals surface area contributed by atoms with Gasteiger partial charge in [-0.1, -0.05) is 97.1 Å². The molecule has 0 aliphatic rings. The molecule has 8 aromatic rings. The molecule has 0 heterocycles. The molecule has 1 heteroatoms. The predicted molar refractivity (Wildman–Crippen MR) is 225 cm³/mol. The minimum Gasteiger partial charge on any atom is -0.310 e. The second-order valence-electron chi connectivity index (χ2n) is 15.0. The van der Waals surface area contributed by atoms with Gasteiger partial charge in [-0.05, 0) is 180 Å². The summed E-state index contributed by atoms with van der Waals surface area (Å²) in [4.78, 5) is 2.47. The summed E-state index contributed by atoms with van der Waals surface area (Å²) in [5.41, 5.74) is 18.0. The molecule has 0 radical (unpaired) electrons. The molecule has 52 heavy (non-hydrogen) atoms. The fourth-order valence-corrected chi connectivity index (χ4v) is 7.98. The van der Waals surface area contributed by atoms with Gasteiger partial charge in [0.25, 0.3) is 0 Å². The molecule has 0 unspecified atom stereocenters. The Hall–Kier alpha value is -5.66. The largest absolute Gasteiger partial charge is 0.310 e. The first-order chi connectivity index (χ1) is 25.1. The molecule has 8 aromatic carbocycles. The highest BCUT2D eigenvalue weighted by atomic mass is 15.1. The van der Waals surface area contributed by atoms with Gasteiger partial charge < -0.3 is 4.90 Å². The topological polar surface area (TPSA) is 3.24 Å². The van der Waals surface area contributed by atoms with Crippen LogP contribution in [0.4, 0.5) is 17.1 Å². The quantitative estimate of drug-likeness (QED) is 0.125. The van der Waals surface area contributed by atoms with E-state index in [9.17, 15) is 0 Å². The first-order valence-corrected chi connectivity index (χ1v) is 18.5. The summed E-state index contributed by atoms with van der Waals surface area (Å²) in [5.74, 6) is 0.0777. The number of rotatable bonds is 6. The number of fused-ring (bicyclic) bond motifs is 5. The minimum atomic E-state index is 0.0777. The molecule has 0 amide bonds. The van der Waals surface area contributed by atoms with Crippen LogP contribution in [0.2, 0.25) is 0 Å². The number of nitrogens with zero attached hydrogens (tertiary/aromatic N) is 1. The van der Waals surface area contributed by atoms with Crippen LogP contribution < -0.4 is 4.90 Å². The van der Waals surface area contributed by atoms with Gasteiger partial charge in [0.05, 0.1) is 5.69 Å². The maximum atomic E-state index is 2.51. The molecule has 0 fully saturated rings. The van der Waals surface area contributed by atoms with E-state index in [1.807, 2.05) is 0 Å². The van der Waals surface area contributed by atoms with E-state index >= 15 is 0 Å². The van der Waals surface area contributed by atoms with Gasteiger partial charge in [0, 0.05) is 22.7 Å². The van der Waals surface area contributed by atoms with E-state index in [1.54, 1.807) is 0 Å². The molecule has 0 aliphatic carbocycles. The average Bonchev–Trinajstić information content (AvgIpc) is 3.14. The zero-order chi connectivity index (χ0) is 36.3. The predicted octanol–water partition coefficient (Wildman–Crippen LogP) is 14.3. The van der Waals surface area contributed by atoms with Gasteiger partial charge >= 0.3 is 0 Å². The monoisotopic (exact) mass is 673 g/mol. The van der Waals surface area contributed by atoms with Crippen molar-refractivity contribution in [3.8, 4) is 0 Å². The lowest BCUT2D eigenvalue weighted by atomic mass is 9.79. The number of aryl methyl sites for hydroxylation is 8. The summed E-state index contributed by atoms with van der Waals surface area (Å²) in [6.07, 6.45) is 0. The maximum absolute atomic E-state index is 2.51. The molecule has 0 saturated carbocycles. The van der Waals surface area contributed by atoms with Gasteiger partial charge in [0.1, 0.15) is 0 Å². The van der Waals surface area contributed by atoms with Gasteiger partial charge in [-0.2, -0.15) is 0 Å². The maximum Gasteiger partial charge on any atom is 0.0546 e. The molecule has 0 aliphatic heterocycles. The molecule has 0 spiro atoms. The zero-order valence-corrected chi connectivity index (χ0v) is 31.7.